The predicted molar refractivity (Wildman–Crippen MR) is 117 cm³/mol. The number of benzene rings is 1. The van der Waals surface area contributed by atoms with E-state index in [0.717, 1.165) is 24.0 Å². The van der Waals surface area contributed by atoms with E-state index in [2.05, 4.69) is 4.72 Å². The van der Waals surface area contributed by atoms with E-state index in [1.807, 2.05) is 12.2 Å². The van der Waals surface area contributed by atoms with Crippen LogP contribution in [0.25, 0.3) is 6.08 Å². The van der Waals surface area contributed by atoms with Crippen LogP contribution in [0.5, 0.6) is 0 Å². The number of aliphatic carboxylic acids is 1. The second-order valence-electron chi connectivity index (χ2n) is 7.53. The Labute approximate surface area is 186 Å². The van der Waals surface area contributed by atoms with Crippen LogP contribution in [0.2, 0.25) is 0 Å². The van der Waals surface area contributed by atoms with E-state index in [-0.39, 0.29) is 18.0 Å². The van der Waals surface area contributed by atoms with Gasteiger partial charge in [-0.25, -0.2) is 21.6 Å². The Morgan fingerprint density at radius 2 is 2.06 bits per heavy atom. The number of allylic oxidation sites excluding steroid dienone is 1. The molecule has 3 rings (SSSR count). The van der Waals surface area contributed by atoms with Crippen molar-refractivity contribution in [3.05, 3.63) is 63.5 Å². The molecule has 1 aliphatic carbocycles. The Balaban J connectivity index is 1.94. The van der Waals surface area contributed by atoms with E-state index in [4.69, 9.17) is 4.74 Å². The lowest BCUT2D eigenvalue weighted by Gasteiger charge is -2.46. The third-order valence-electron chi connectivity index (χ3n) is 5.13. The zero-order valence-electron chi connectivity index (χ0n) is 17.4. The average molecular weight is 485 g/mol. The lowest BCUT2D eigenvalue weighted by molar-refractivity contribution is -0.845. The van der Waals surface area contributed by atoms with Gasteiger partial charge in [0.2, 0.25) is 5.70 Å². The summed E-state index contributed by atoms with van der Waals surface area (Å²) in [6.45, 7) is -1.05. The van der Waals surface area contributed by atoms with Gasteiger partial charge in [0.1, 0.15) is 13.1 Å². The molecule has 174 valence electrons. The fourth-order valence-electron chi connectivity index (χ4n) is 3.45. The molecule has 2 N–H and O–H groups in total. The SMILES string of the molecule is COCCS(=O)(=O)/C=C(/C[N+]1([O-])CC=C1C(=O)O)NS(=O)(=O)c1ccc2c(c1)C=CCC2. The number of hydrogen-bond acceptors (Lipinski definition) is 7. The summed E-state index contributed by atoms with van der Waals surface area (Å²) in [6.07, 6.45) is 6.58. The van der Waals surface area contributed by atoms with Gasteiger partial charge in [0.15, 0.2) is 9.84 Å². The van der Waals surface area contributed by atoms with Gasteiger partial charge in [0, 0.05) is 13.2 Å². The Morgan fingerprint density at radius 3 is 2.69 bits per heavy atom. The number of nitrogens with zero attached hydrogens (tertiary/aromatic N) is 1. The van der Waals surface area contributed by atoms with E-state index in [1.54, 1.807) is 6.07 Å². The Morgan fingerprint density at radius 1 is 1.31 bits per heavy atom. The van der Waals surface area contributed by atoms with E-state index in [0.29, 0.717) is 5.41 Å². The predicted octanol–water partition coefficient (Wildman–Crippen LogP) is 1.12. The molecule has 0 spiro atoms. The molecule has 12 heteroatoms. The maximum atomic E-state index is 13.0. The number of nitrogens with one attached hydrogen (secondary N) is 1. The van der Waals surface area contributed by atoms with Gasteiger partial charge in [-0.15, -0.1) is 0 Å². The van der Waals surface area contributed by atoms with E-state index < -0.39 is 54.2 Å². The molecule has 1 atom stereocenters. The van der Waals surface area contributed by atoms with Gasteiger partial charge in [-0.05, 0) is 36.1 Å². The van der Waals surface area contributed by atoms with E-state index >= 15 is 0 Å². The van der Waals surface area contributed by atoms with Gasteiger partial charge >= 0.3 is 5.97 Å². The number of sulfonamides is 1. The van der Waals surface area contributed by atoms with Crippen LogP contribution in [0.1, 0.15) is 17.5 Å². The quantitative estimate of drug-likeness (QED) is 0.371. The van der Waals surface area contributed by atoms with Crippen LogP contribution in [0, 0.1) is 5.21 Å². The number of fused-ring (bicyclic) bond motifs is 1. The molecule has 0 aromatic heterocycles. The van der Waals surface area contributed by atoms with Crippen molar-refractivity contribution in [2.24, 2.45) is 0 Å². The first-order valence-electron chi connectivity index (χ1n) is 9.72. The van der Waals surface area contributed by atoms with Gasteiger partial charge in [-0.3, -0.25) is 4.72 Å². The lowest BCUT2D eigenvalue weighted by atomic mass is 9.98. The molecule has 2 aliphatic rings. The summed E-state index contributed by atoms with van der Waals surface area (Å²) >= 11 is 0. The minimum Gasteiger partial charge on any atom is -0.627 e. The van der Waals surface area contributed by atoms with Crippen molar-refractivity contribution in [2.75, 3.05) is 32.6 Å². The summed E-state index contributed by atoms with van der Waals surface area (Å²) in [6, 6.07) is 4.57. The highest BCUT2D eigenvalue weighted by molar-refractivity contribution is 7.94. The van der Waals surface area contributed by atoms with Crippen molar-refractivity contribution in [3.63, 3.8) is 0 Å². The number of methoxy groups -OCH3 is 1. The van der Waals surface area contributed by atoms with E-state index in [1.165, 1.54) is 25.3 Å². The molecule has 32 heavy (non-hydrogen) atoms. The molecule has 0 radical (unpaired) electrons. The third-order valence-corrected chi connectivity index (χ3v) is 7.91. The van der Waals surface area contributed by atoms with Crippen molar-refractivity contribution in [2.45, 2.75) is 17.7 Å². The Bertz CT molecular complexity index is 1220. The van der Waals surface area contributed by atoms with Crippen molar-refractivity contribution >= 4 is 31.9 Å². The Hall–Kier alpha value is -2.51. The number of carboxylic acid groups (broad SMARTS) is 1. The van der Waals surface area contributed by atoms with Crippen LogP contribution in [0.4, 0.5) is 0 Å². The summed E-state index contributed by atoms with van der Waals surface area (Å²) in [5.41, 5.74) is 0.827. The number of carbonyl (C=O) groups is 1. The highest BCUT2D eigenvalue weighted by Crippen LogP contribution is 2.28. The van der Waals surface area contributed by atoms with Crippen molar-refractivity contribution in [1.82, 2.24) is 4.72 Å². The zero-order chi connectivity index (χ0) is 23.6. The van der Waals surface area contributed by atoms with Crippen LogP contribution in [0.15, 0.2) is 52.0 Å². The molecule has 1 unspecified atom stereocenters. The molecule has 1 aliphatic heterocycles. The van der Waals surface area contributed by atoms with Crippen molar-refractivity contribution in [1.29, 1.82) is 0 Å². The Kier molecular flexibility index (Phi) is 6.91. The molecule has 0 amide bonds. The second kappa shape index (κ2) is 9.16. The molecule has 0 saturated carbocycles. The highest BCUT2D eigenvalue weighted by atomic mass is 32.2. The molecule has 1 aromatic rings. The molecule has 10 nitrogen and oxygen atoms in total. The monoisotopic (exact) mass is 484 g/mol. The number of ether oxygens (including phenoxy) is 1. The first-order valence-corrected chi connectivity index (χ1v) is 12.9. The van der Waals surface area contributed by atoms with Crippen LogP contribution >= 0.6 is 0 Å². The number of quaternary nitrogens is 1. The normalized spacial score (nSPS) is 20.8. The maximum Gasteiger partial charge on any atom is 0.390 e. The molecule has 0 saturated heterocycles. The second-order valence-corrected chi connectivity index (χ2v) is 11.2. The van der Waals surface area contributed by atoms with Crippen LogP contribution in [0.3, 0.4) is 0 Å². The first-order chi connectivity index (χ1) is 15.0. The number of aryl methyl sites for hydroxylation is 1. The third kappa shape index (κ3) is 5.45. The number of hydroxylamine groups is 3. The zero-order valence-corrected chi connectivity index (χ0v) is 19.0. The largest absolute Gasteiger partial charge is 0.627 e. The number of rotatable bonds is 10. The van der Waals surface area contributed by atoms with Crippen molar-refractivity contribution < 1.29 is 36.1 Å². The van der Waals surface area contributed by atoms with Gasteiger partial charge in [0.05, 0.1) is 28.4 Å². The average Bonchev–Trinajstić information content (AvgIpc) is 2.70. The molecule has 0 bridgehead atoms. The fourth-order valence-corrected chi connectivity index (χ4v) is 5.72. The van der Waals surface area contributed by atoms with Gasteiger partial charge in [-0.1, -0.05) is 18.2 Å². The number of hydrogen-bond donors (Lipinski definition) is 2. The smallest absolute Gasteiger partial charge is 0.390 e. The topological polar surface area (TPSA) is 150 Å². The van der Waals surface area contributed by atoms with Gasteiger partial charge in [-0.2, -0.15) is 0 Å². The van der Waals surface area contributed by atoms with Gasteiger partial charge in [0.25, 0.3) is 10.0 Å². The minimum atomic E-state index is -4.24. The summed E-state index contributed by atoms with van der Waals surface area (Å²) in [4.78, 5) is 11.2. The molecule has 1 aromatic carbocycles. The number of sulfone groups is 1. The standard InChI is InChI=1S/C20H24N2O8S2/c1-30-10-11-31(26,27)14-17(13-22(25)9-8-19(22)20(23)24)21-32(28,29)18-7-6-15-4-2-3-5-16(15)12-18/h3,5-8,12,14,21H,2,4,9-11,13H2,1H3,(H,23,24)/b17-14-. The summed E-state index contributed by atoms with van der Waals surface area (Å²) in [7, 11) is -6.88. The summed E-state index contributed by atoms with van der Waals surface area (Å²) in [5.74, 6) is -1.88. The summed E-state index contributed by atoms with van der Waals surface area (Å²) < 4.78 is 56.3. The van der Waals surface area contributed by atoms with E-state index in [9.17, 15) is 31.9 Å². The van der Waals surface area contributed by atoms with Crippen LogP contribution < -0.4 is 4.72 Å². The molecular formula is C20H24N2O8S2. The fraction of sp³-hybridized carbons (Fsp3) is 0.350. The number of carboxylic acids is 1. The molecule has 1 heterocycles. The molecular weight excluding hydrogens is 460 g/mol. The maximum absolute atomic E-state index is 13.0. The van der Waals surface area contributed by atoms with Gasteiger partial charge < -0.3 is 19.7 Å². The lowest BCUT2D eigenvalue weighted by Crippen LogP contribution is -2.53. The first kappa shape index (κ1) is 24.1. The minimum absolute atomic E-state index is 0.0990. The highest BCUT2D eigenvalue weighted by Gasteiger charge is 2.38. The van der Waals surface area contributed by atoms with Crippen molar-refractivity contribution in [3.8, 4) is 0 Å². The molecule has 0 fully saturated rings. The van der Waals surface area contributed by atoms with Crippen LogP contribution in [-0.4, -0.2) is 65.1 Å². The summed E-state index contributed by atoms with van der Waals surface area (Å²) in [5, 5.41) is 22.7. The van der Waals surface area contributed by atoms with Crippen LogP contribution in [-0.2, 0) is 35.8 Å².